The Balaban J connectivity index is 2.05. The Labute approximate surface area is 180 Å². The van der Waals surface area contributed by atoms with Crippen molar-refractivity contribution in [1.29, 1.82) is 0 Å². The fraction of sp³-hybridized carbons (Fsp3) is 0.955. The standard InChI is InChI=1S/C22H40P4Se/c1-13-18(9,10)21-20(17(6,7)8)25-22(27-26(20)21,19(11,12)14-2)24(21)15(23-25)16(3,4)5/h13-14H2,1-12H3/t20-,21+,22-,24?,25?,26?/m0/s1. The van der Waals surface area contributed by atoms with Gasteiger partial charge in [0, 0.05) is 0 Å². The molecule has 5 aliphatic rings. The summed E-state index contributed by atoms with van der Waals surface area (Å²) in [4.78, 5) is 1.47. The Bertz CT molecular complexity index is 728. The summed E-state index contributed by atoms with van der Waals surface area (Å²) in [6.07, 6.45) is 2.75. The first kappa shape index (κ1) is 22.2. The summed E-state index contributed by atoms with van der Waals surface area (Å²) in [6, 6.07) is 0. The van der Waals surface area contributed by atoms with Crippen LogP contribution in [0.2, 0.25) is 0 Å². The second kappa shape index (κ2) is 5.66. The molecule has 0 saturated carbocycles. The molecule has 0 N–H and O–H groups in total. The maximum absolute atomic E-state index is 2.69. The van der Waals surface area contributed by atoms with E-state index in [0.29, 0.717) is 21.7 Å². The molecular weight excluding hydrogens is 467 g/mol. The molecule has 0 aromatic heterocycles. The third-order valence-corrected chi connectivity index (χ3v) is 43.7. The van der Waals surface area contributed by atoms with Crippen LogP contribution in [0.1, 0.15) is 95.9 Å². The Morgan fingerprint density at radius 1 is 0.815 bits per heavy atom. The summed E-state index contributed by atoms with van der Waals surface area (Å²) < 4.78 is 0.759. The van der Waals surface area contributed by atoms with Crippen molar-refractivity contribution in [3.63, 3.8) is 0 Å². The molecule has 0 radical (unpaired) electrons. The molecule has 27 heavy (non-hydrogen) atoms. The van der Waals surface area contributed by atoms with E-state index in [1.54, 1.807) is 0 Å². The Kier molecular flexibility index (Phi) is 4.65. The van der Waals surface area contributed by atoms with Crippen LogP contribution in [0.5, 0.6) is 0 Å². The van der Waals surface area contributed by atoms with Crippen LogP contribution in [0.3, 0.4) is 0 Å². The molecule has 6 atom stereocenters. The summed E-state index contributed by atoms with van der Waals surface area (Å²) in [7, 11) is 2.00. The molecule has 154 valence electrons. The first-order chi connectivity index (χ1) is 12.1. The van der Waals surface area contributed by atoms with Crippen LogP contribution in [-0.4, -0.2) is 33.1 Å². The first-order valence-corrected chi connectivity index (χ1v) is 19.4. The van der Waals surface area contributed by atoms with Gasteiger partial charge in [0.1, 0.15) is 0 Å². The monoisotopic (exact) mass is 508 g/mol. The van der Waals surface area contributed by atoms with Gasteiger partial charge in [-0.15, -0.1) is 0 Å². The van der Waals surface area contributed by atoms with Crippen molar-refractivity contribution < 1.29 is 0 Å². The fourth-order valence-electron chi connectivity index (χ4n) is 6.11. The van der Waals surface area contributed by atoms with E-state index in [9.17, 15) is 0 Å². The van der Waals surface area contributed by atoms with E-state index in [0.717, 1.165) is 28.1 Å². The van der Waals surface area contributed by atoms with Crippen molar-refractivity contribution >= 4 is 49.6 Å². The van der Waals surface area contributed by atoms with E-state index < -0.39 is 0 Å². The predicted molar refractivity (Wildman–Crippen MR) is 134 cm³/mol. The van der Waals surface area contributed by atoms with E-state index in [1.165, 1.54) is 12.8 Å². The van der Waals surface area contributed by atoms with Gasteiger partial charge in [0.2, 0.25) is 0 Å². The Morgan fingerprint density at radius 3 is 1.74 bits per heavy atom. The van der Waals surface area contributed by atoms with Crippen molar-refractivity contribution in [2.45, 2.75) is 110 Å². The molecule has 5 heterocycles. The summed E-state index contributed by atoms with van der Waals surface area (Å²) in [5, 5.41) is 2.05. The third kappa shape index (κ3) is 2.01. The van der Waals surface area contributed by atoms with Crippen LogP contribution in [-0.2, 0) is 0 Å². The molecule has 3 unspecified atom stereocenters. The molecule has 0 aliphatic carbocycles. The van der Waals surface area contributed by atoms with Gasteiger partial charge in [-0.05, 0) is 0 Å². The van der Waals surface area contributed by atoms with Crippen LogP contribution in [0.4, 0.5) is 0 Å². The average Bonchev–Trinajstić information content (AvgIpc) is 2.86. The Morgan fingerprint density at radius 2 is 1.33 bits per heavy atom. The van der Waals surface area contributed by atoms with E-state index in [-0.39, 0.29) is 22.1 Å². The maximum atomic E-state index is 2.69. The molecular formula is C22H40P4Se. The van der Waals surface area contributed by atoms with Gasteiger partial charge in [0.05, 0.1) is 0 Å². The van der Waals surface area contributed by atoms with Gasteiger partial charge in [-0.3, -0.25) is 0 Å². The first-order valence-electron chi connectivity index (χ1n) is 10.7. The molecule has 5 aliphatic heterocycles. The minimum absolute atomic E-state index is 0.0260. The van der Waals surface area contributed by atoms with Gasteiger partial charge in [-0.1, -0.05) is 0 Å². The van der Waals surface area contributed by atoms with Crippen molar-refractivity contribution in [2.24, 2.45) is 21.7 Å². The van der Waals surface area contributed by atoms with E-state index >= 15 is 0 Å². The van der Waals surface area contributed by atoms with Gasteiger partial charge in [-0.2, -0.15) is 0 Å². The molecule has 5 heteroatoms. The quantitative estimate of drug-likeness (QED) is 0.263. The molecule has 4 saturated heterocycles. The molecule has 5 rings (SSSR count). The van der Waals surface area contributed by atoms with E-state index in [1.807, 2.05) is 7.89 Å². The molecule has 0 spiro atoms. The summed E-state index contributed by atoms with van der Waals surface area (Å²) in [6.45, 7) is 31.6. The zero-order valence-corrected chi connectivity index (χ0v) is 24.9. The van der Waals surface area contributed by atoms with Crippen LogP contribution in [0.25, 0.3) is 0 Å². The SMILES string of the molecule is CCC(C)(C)[C@@]12[Se]P3[C@]4(C(C)(C)C)P1P=C(C(C)(C)C)P2[C@]34C(C)(C)CC. The molecule has 0 aromatic rings. The van der Waals surface area contributed by atoms with Crippen LogP contribution < -0.4 is 0 Å². The van der Waals surface area contributed by atoms with E-state index in [2.05, 4.69) is 88.1 Å². The van der Waals surface area contributed by atoms with Gasteiger partial charge in [0.15, 0.2) is 0 Å². The number of hydrogen-bond donors (Lipinski definition) is 0. The zero-order valence-electron chi connectivity index (χ0n) is 19.6. The van der Waals surface area contributed by atoms with Gasteiger partial charge >= 0.3 is 181 Å². The van der Waals surface area contributed by atoms with Crippen molar-refractivity contribution in [2.75, 3.05) is 0 Å². The Hall–Kier alpha value is 1.98. The zero-order chi connectivity index (χ0) is 20.6. The van der Waals surface area contributed by atoms with E-state index in [4.69, 9.17) is 0 Å². The second-order valence-electron chi connectivity index (χ2n) is 12.4. The minimum atomic E-state index is 0.0260. The molecule has 6 bridgehead atoms. The van der Waals surface area contributed by atoms with Crippen molar-refractivity contribution in [1.82, 2.24) is 0 Å². The number of hydrogen-bond acceptors (Lipinski definition) is 0. The number of rotatable bonds is 4. The van der Waals surface area contributed by atoms with Crippen LogP contribution in [0.15, 0.2) is 0 Å². The second-order valence-corrected chi connectivity index (χ2v) is 28.9. The third-order valence-electron chi connectivity index (χ3n) is 8.18. The summed E-state index contributed by atoms with van der Waals surface area (Å²) in [5.41, 5.74) is 1.97. The summed E-state index contributed by atoms with van der Waals surface area (Å²) in [5.74, 6) is 0. The molecule has 0 aromatic carbocycles. The topological polar surface area (TPSA) is 0 Å². The molecule has 4 fully saturated rings. The van der Waals surface area contributed by atoms with Crippen LogP contribution in [0, 0.1) is 21.7 Å². The fourth-order valence-corrected chi connectivity index (χ4v) is 64.2. The van der Waals surface area contributed by atoms with Crippen LogP contribution >= 0.6 is 30.0 Å². The van der Waals surface area contributed by atoms with Gasteiger partial charge in [-0.25, -0.2) is 0 Å². The van der Waals surface area contributed by atoms with Gasteiger partial charge in [0.25, 0.3) is 0 Å². The van der Waals surface area contributed by atoms with Gasteiger partial charge < -0.3 is 0 Å². The predicted octanol–water partition coefficient (Wildman–Crippen LogP) is 9.11. The molecule has 0 amide bonds. The molecule has 0 nitrogen and oxygen atoms in total. The summed E-state index contributed by atoms with van der Waals surface area (Å²) >= 11 is 0.902. The normalized spacial score (nSPS) is 46.1. The average molecular weight is 507 g/mol. The van der Waals surface area contributed by atoms with Crippen molar-refractivity contribution in [3.05, 3.63) is 0 Å². The van der Waals surface area contributed by atoms with Crippen molar-refractivity contribution in [3.8, 4) is 0 Å².